The second-order valence-corrected chi connectivity index (χ2v) is 8.56. The quantitative estimate of drug-likeness (QED) is 0.249. The summed E-state index contributed by atoms with van der Waals surface area (Å²) in [4.78, 5) is 24.1. The number of benzene rings is 3. The Kier molecular flexibility index (Phi) is 6.09. The fraction of sp³-hybridized carbons (Fsp3) is 0.120. The highest BCUT2D eigenvalue weighted by Crippen LogP contribution is 2.29. The lowest BCUT2D eigenvalue weighted by molar-refractivity contribution is -0.131. The summed E-state index contributed by atoms with van der Waals surface area (Å²) in [5.41, 5.74) is 3.20. The summed E-state index contributed by atoms with van der Waals surface area (Å²) < 4.78 is 20.7. The molecule has 0 spiro atoms. The van der Waals surface area contributed by atoms with Crippen molar-refractivity contribution in [1.29, 1.82) is 0 Å². The maximum absolute atomic E-state index is 13.4. The smallest absolute Gasteiger partial charge is 0.321 e. The van der Waals surface area contributed by atoms with Crippen molar-refractivity contribution in [3.8, 4) is 22.8 Å². The number of hydrogen-bond acceptors (Lipinski definition) is 6. The van der Waals surface area contributed by atoms with Crippen molar-refractivity contribution >= 4 is 29.3 Å². The number of rotatable bonds is 6. The van der Waals surface area contributed by atoms with Gasteiger partial charge in [-0.15, -0.1) is 10.2 Å². The number of carbonyl (C=O) groups excluding carboxylic acids is 2. The minimum atomic E-state index is -0.435. The fourth-order valence-electron chi connectivity index (χ4n) is 3.67. The van der Waals surface area contributed by atoms with Gasteiger partial charge in [0, 0.05) is 23.4 Å². The van der Waals surface area contributed by atoms with E-state index in [0.29, 0.717) is 35.1 Å². The Balaban J connectivity index is 1.34. The van der Waals surface area contributed by atoms with Crippen molar-refractivity contribution in [2.24, 2.45) is 0 Å². The van der Waals surface area contributed by atoms with Gasteiger partial charge in [-0.2, -0.15) is 0 Å². The molecule has 5 rings (SSSR count). The molecule has 0 atom stereocenters. The molecule has 0 aliphatic carbocycles. The molecule has 0 bridgehead atoms. The third-order valence-corrected chi connectivity index (χ3v) is 6.18. The van der Waals surface area contributed by atoms with E-state index in [1.807, 2.05) is 34.9 Å². The highest BCUT2D eigenvalue weighted by molar-refractivity contribution is 7.99. The Morgan fingerprint density at radius 3 is 2.62 bits per heavy atom. The number of carbonyl (C=O) groups is 2. The highest BCUT2D eigenvalue weighted by Gasteiger charge is 2.19. The van der Waals surface area contributed by atoms with E-state index in [4.69, 9.17) is 4.74 Å². The number of esters is 1. The number of ether oxygens (including phenoxy) is 1. The lowest BCUT2D eigenvalue weighted by atomic mass is 10.0. The van der Waals surface area contributed by atoms with Crippen molar-refractivity contribution in [3.63, 3.8) is 0 Å². The largest absolute Gasteiger partial charge is 0.426 e. The number of nitrogens with one attached hydrogen (secondary N) is 1. The maximum atomic E-state index is 13.4. The summed E-state index contributed by atoms with van der Waals surface area (Å²) in [6.07, 6.45) is 1.01. The van der Waals surface area contributed by atoms with E-state index >= 15 is 0 Å². The van der Waals surface area contributed by atoms with Crippen LogP contribution in [0.4, 0.5) is 10.1 Å². The molecular weight excluding hydrogens is 455 g/mol. The number of thioether (sulfide) groups is 1. The van der Waals surface area contributed by atoms with Gasteiger partial charge in [-0.25, -0.2) is 4.39 Å². The van der Waals surface area contributed by atoms with Gasteiger partial charge in [0.15, 0.2) is 11.0 Å². The summed E-state index contributed by atoms with van der Waals surface area (Å²) in [5, 5.41) is 11.9. The molecule has 7 nitrogen and oxygen atoms in total. The van der Waals surface area contributed by atoms with Gasteiger partial charge in [0.2, 0.25) is 5.91 Å². The number of nitrogens with zero attached hydrogens (tertiary/aromatic N) is 3. The Bertz CT molecular complexity index is 1360. The van der Waals surface area contributed by atoms with E-state index in [1.54, 1.807) is 30.3 Å². The molecule has 1 aliphatic heterocycles. The normalized spacial score (nSPS) is 12.7. The molecule has 3 aromatic carbocycles. The number of para-hydroxylation sites is 1. The first kappa shape index (κ1) is 21.8. The summed E-state index contributed by atoms with van der Waals surface area (Å²) in [6, 6.07) is 20.7. The van der Waals surface area contributed by atoms with Crippen LogP contribution in [0, 0.1) is 5.82 Å². The Morgan fingerprint density at radius 1 is 1.03 bits per heavy atom. The highest BCUT2D eigenvalue weighted by atomic mass is 32.2. The Labute approximate surface area is 199 Å². The second kappa shape index (κ2) is 9.48. The third kappa shape index (κ3) is 4.69. The van der Waals surface area contributed by atoms with Crippen LogP contribution >= 0.6 is 11.8 Å². The molecule has 0 radical (unpaired) electrons. The average Bonchev–Trinajstić information content (AvgIpc) is 3.28. The maximum Gasteiger partial charge on any atom is 0.321 e. The molecule has 0 fully saturated rings. The SMILES string of the molecule is O=C1CCc2cc(OC(=O)CSc3nnc(-c4ccc(F)cc4)n3-c3ccccc3)ccc2N1. The first-order valence-corrected chi connectivity index (χ1v) is 11.6. The zero-order valence-electron chi connectivity index (χ0n) is 17.9. The van der Waals surface area contributed by atoms with Gasteiger partial charge in [0.05, 0.1) is 5.75 Å². The van der Waals surface area contributed by atoms with Crippen LogP contribution in [-0.2, 0) is 16.0 Å². The van der Waals surface area contributed by atoms with Gasteiger partial charge in [-0.05, 0) is 66.6 Å². The van der Waals surface area contributed by atoms with Gasteiger partial charge in [-0.1, -0.05) is 30.0 Å². The minimum absolute atomic E-state index is 0.0161. The molecule has 1 aromatic heterocycles. The predicted octanol–water partition coefficient (Wildman–Crippen LogP) is 4.66. The molecule has 9 heteroatoms. The number of fused-ring (bicyclic) bond motifs is 1. The Hall–Kier alpha value is -3.98. The van der Waals surface area contributed by atoms with Crippen LogP contribution in [-0.4, -0.2) is 32.4 Å². The molecule has 2 heterocycles. The summed E-state index contributed by atoms with van der Waals surface area (Å²) >= 11 is 1.20. The molecule has 170 valence electrons. The van der Waals surface area contributed by atoms with E-state index in [9.17, 15) is 14.0 Å². The summed E-state index contributed by atoms with van der Waals surface area (Å²) in [7, 11) is 0. The first-order valence-electron chi connectivity index (χ1n) is 10.6. The van der Waals surface area contributed by atoms with Crippen LogP contribution in [0.1, 0.15) is 12.0 Å². The van der Waals surface area contributed by atoms with E-state index in [0.717, 1.165) is 16.9 Å². The van der Waals surface area contributed by atoms with Crippen molar-refractivity contribution in [3.05, 3.63) is 84.2 Å². The van der Waals surface area contributed by atoms with E-state index in [-0.39, 0.29) is 17.5 Å². The van der Waals surface area contributed by atoms with Gasteiger partial charge in [0.25, 0.3) is 0 Å². The molecule has 34 heavy (non-hydrogen) atoms. The van der Waals surface area contributed by atoms with Crippen molar-refractivity contribution in [2.75, 3.05) is 11.1 Å². The molecule has 0 saturated carbocycles. The van der Waals surface area contributed by atoms with Crippen LogP contribution in [0.15, 0.2) is 78.0 Å². The number of anilines is 1. The topological polar surface area (TPSA) is 86.1 Å². The lowest BCUT2D eigenvalue weighted by Gasteiger charge is -2.17. The average molecular weight is 475 g/mol. The van der Waals surface area contributed by atoms with E-state index < -0.39 is 5.97 Å². The van der Waals surface area contributed by atoms with Gasteiger partial charge >= 0.3 is 5.97 Å². The van der Waals surface area contributed by atoms with E-state index in [1.165, 1.54) is 23.9 Å². The zero-order chi connectivity index (χ0) is 23.5. The number of amides is 1. The standard InChI is InChI=1S/C25H19FN4O3S/c26-18-9-6-16(7-10-18)24-28-29-25(30(24)19-4-2-1-3-5-19)34-15-23(32)33-20-11-12-21-17(14-20)8-13-22(31)27-21/h1-7,9-12,14H,8,13,15H2,(H,27,31). The number of aryl methyl sites for hydroxylation is 1. The van der Waals surface area contributed by atoms with Gasteiger partial charge in [0.1, 0.15) is 11.6 Å². The molecular formula is C25H19FN4O3S. The van der Waals surface area contributed by atoms with Crippen LogP contribution < -0.4 is 10.1 Å². The molecule has 1 aliphatic rings. The van der Waals surface area contributed by atoms with Crippen LogP contribution in [0.25, 0.3) is 17.1 Å². The molecule has 0 unspecified atom stereocenters. The lowest BCUT2D eigenvalue weighted by Crippen LogP contribution is -2.19. The minimum Gasteiger partial charge on any atom is -0.426 e. The predicted molar refractivity (Wildman–Crippen MR) is 127 cm³/mol. The zero-order valence-corrected chi connectivity index (χ0v) is 18.7. The summed E-state index contributed by atoms with van der Waals surface area (Å²) in [6.45, 7) is 0. The fourth-order valence-corrected chi connectivity index (χ4v) is 4.39. The van der Waals surface area contributed by atoms with Gasteiger partial charge < -0.3 is 10.1 Å². The third-order valence-electron chi connectivity index (χ3n) is 5.27. The van der Waals surface area contributed by atoms with Gasteiger partial charge in [-0.3, -0.25) is 14.2 Å². The monoisotopic (exact) mass is 474 g/mol. The van der Waals surface area contributed by atoms with Crippen molar-refractivity contribution in [1.82, 2.24) is 14.8 Å². The molecule has 1 N–H and O–H groups in total. The summed E-state index contributed by atoms with van der Waals surface area (Å²) in [5.74, 6) is 0.196. The molecule has 0 saturated heterocycles. The van der Waals surface area contributed by atoms with E-state index in [2.05, 4.69) is 15.5 Å². The number of hydrogen-bond donors (Lipinski definition) is 1. The molecule has 1 amide bonds. The Morgan fingerprint density at radius 2 is 1.82 bits per heavy atom. The van der Waals surface area contributed by atoms with Crippen LogP contribution in [0.2, 0.25) is 0 Å². The van der Waals surface area contributed by atoms with Crippen molar-refractivity contribution in [2.45, 2.75) is 18.0 Å². The van der Waals surface area contributed by atoms with Crippen molar-refractivity contribution < 1.29 is 18.7 Å². The number of aromatic nitrogens is 3. The van der Waals surface area contributed by atoms with Crippen LogP contribution in [0.5, 0.6) is 5.75 Å². The second-order valence-electron chi connectivity index (χ2n) is 7.61. The number of halogens is 1. The first-order chi connectivity index (χ1) is 16.6. The molecule has 4 aromatic rings. The van der Waals surface area contributed by atoms with Crippen LogP contribution in [0.3, 0.4) is 0 Å².